The molecule has 3 heterocycles. The number of nitrogens with one attached hydrogen (secondary N) is 1. The quantitative estimate of drug-likeness (QED) is 0.395. The molecule has 44 heavy (non-hydrogen) atoms. The number of carbonyl (C=O) groups excluding carboxylic acids is 4. The van der Waals surface area contributed by atoms with Crippen molar-refractivity contribution in [2.24, 2.45) is 4.40 Å². The van der Waals surface area contributed by atoms with Crippen molar-refractivity contribution < 1.29 is 46.6 Å². The lowest BCUT2D eigenvalue weighted by Gasteiger charge is -2.27. The lowest BCUT2D eigenvalue weighted by molar-refractivity contribution is -0.164. The maximum Gasteiger partial charge on any atom is 0.329 e. The Labute approximate surface area is 259 Å². The molecule has 0 saturated carbocycles. The molecule has 3 atom stereocenters. The van der Waals surface area contributed by atoms with Crippen LogP contribution >= 0.6 is 0 Å². The minimum absolute atomic E-state index is 0.130. The standard InChI is InChI=1S/C29H40N4O10S/c1-28(2,3)41-26(36)21-9-7-11-32(21)23(34)16-39-19-13-18(25-30-43-44(38)31-25)14-20(15-19)40-17-24(35)33-12-8-10-22(33)27(37)42-29(4,5)6/h13-15,21-22H,7-12,16-17H2,1-6H3,(H,30,31)/t21-,22?,44?/m1/s1. The van der Waals surface area contributed by atoms with Crippen LogP contribution in [0.1, 0.15) is 72.8 Å². The third-order valence-corrected chi connectivity index (χ3v) is 7.32. The zero-order valence-electron chi connectivity index (χ0n) is 25.9. The van der Waals surface area contributed by atoms with Gasteiger partial charge in [-0.1, -0.05) is 0 Å². The molecule has 2 fully saturated rings. The van der Waals surface area contributed by atoms with Gasteiger partial charge in [0.2, 0.25) is 0 Å². The average Bonchev–Trinajstić information content (AvgIpc) is 3.69. The first kappa shape index (κ1) is 33.2. The van der Waals surface area contributed by atoms with E-state index in [1.54, 1.807) is 41.5 Å². The number of hydrogen-bond donors (Lipinski definition) is 1. The van der Waals surface area contributed by atoms with Crippen LogP contribution in [0, 0.1) is 0 Å². The van der Waals surface area contributed by atoms with Crippen LogP contribution in [0.15, 0.2) is 22.6 Å². The maximum atomic E-state index is 13.1. The number of esters is 2. The summed E-state index contributed by atoms with van der Waals surface area (Å²) in [6.45, 7) is 10.6. The second-order valence-electron chi connectivity index (χ2n) is 12.7. The zero-order chi connectivity index (χ0) is 32.2. The van der Waals surface area contributed by atoms with Gasteiger partial charge in [0.25, 0.3) is 11.8 Å². The lowest BCUT2D eigenvalue weighted by atomic mass is 10.1. The lowest BCUT2D eigenvalue weighted by Crippen LogP contribution is -2.45. The molecule has 14 nitrogen and oxygen atoms in total. The average molecular weight is 637 g/mol. The van der Waals surface area contributed by atoms with E-state index in [1.165, 1.54) is 28.0 Å². The summed E-state index contributed by atoms with van der Waals surface area (Å²) in [5.41, 5.74) is 1.46. The molecule has 15 heteroatoms. The highest BCUT2D eigenvalue weighted by molar-refractivity contribution is 7.79. The molecule has 3 aliphatic heterocycles. The van der Waals surface area contributed by atoms with Gasteiger partial charge in [0.05, 0.1) is 0 Å². The highest BCUT2D eigenvalue weighted by Crippen LogP contribution is 2.27. The van der Waals surface area contributed by atoms with Crippen LogP contribution in [0.25, 0.3) is 0 Å². The van der Waals surface area contributed by atoms with E-state index in [4.69, 9.17) is 23.2 Å². The SMILES string of the molecule is CC(C)(C)OC(=O)C1CCCN1C(=O)COc1cc(OCC(=O)N2CCC[C@@H]2C(=O)OC(C)(C)C)cc(C2=NS(=O)ON2)c1. The Morgan fingerprint density at radius 2 is 1.30 bits per heavy atom. The van der Waals surface area contributed by atoms with E-state index in [1.807, 2.05) is 0 Å². The van der Waals surface area contributed by atoms with Gasteiger partial charge < -0.3 is 28.7 Å². The predicted octanol–water partition coefficient (Wildman–Crippen LogP) is 1.97. The molecule has 1 N–H and O–H groups in total. The van der Waals surface area contributed by atoms with Gasteiger partial charge in [0, 0.05) is 24.7 Å². The molecule has 3 aliphatic rings. The Bertz CT molecular complexity index is 1260. The van der Waals surface area contributed by atoms with Gasteiger partial charge in [-0.3, -0.25) is 9.59 Å². The largest absolute Gasteiger partial charge is 0.484 e. The molecule has 0 spiro atoms. The van der Waals surface area contributed by atoms with Crippen LogP contribution in [0.4, 0.5) is 0 Å². The van der Waals surface area contributed by atoms with E-state index in [2.05, 4.69) is 9.88 Å². The van der Waals surface area contributed by atoms with Gasteiger partial charge in [-0.15, -0.1) is 4.40 Å². The molecule has 242 valence electrons. The van der Waals surface area contributed by atoms with E-state index >= 15 is 0 Å². The molecule has 0 bridgehead atoms. The van der Waals surface area contributed by atoms with E-state index in [-0.39, 0.29) is 30.5 Å². The Hall–Kier alpha value is -3.72. The Kier molecular flexibility index (Phi) is 10.2. The second-order valence-corrected chi connectivity index (χ2v) is 13.5. The first-order valence-electron chi connectivity index (χ1n) is 14.5. The minimum atomic E-state index is -1.94. The first-order valence-corrected chi connectivity index (χ1v) is 15.5. The van der Waals surface area contributed by atoms with E-state index in [0.717, 1.165) is 0 Å². The van der Waals surface area contributed by atoms with Crippen molar-refractivity contribution in [3.05, 3.63) is 23.8 Å². The van der Waals surface area contributed by atoms with Gasteiger partial charge in [-0.25, -0.2) is 19.3 Å². The summed E-state index contributed by atoms with van der Waals surface area (Å²) < 4.78 is 42.9. The molecule has 2 amide bonds. The number of amides is 2. The highest BCUT2D eigenvalue weighted by atomic mass is 32.2. The molecule has 1 aromatic rings. The van der Waals surface area contributed by atoms with Crippen molar-refractivity contribution in [3.63, 3.8) is 0 Å². The second kappa shape index (κ2) is 13.5. The van der Waals surface area contributed by atoms with Crippen molar-refractivity contribution >= 4 is 40.9 Å². The molecule has 0 aromatic heterocycles. The number of benzene rings is 1. The van der Waals surface area contributed by atoms with Crippen LogP contribution in [0.2, 0.25) is 0 Å². The zero-order valence-corrected chi connectivity index (χ0v) is 26.7. The molecule has 0 radical (unpaired) electrons. The number of rotatable bonds is 9. The predicted molar refractivity (Wildman–Crippen MR) is 157 cm³/mol. The van der Waals surface area contributed by atoms with Gasteiger partial charge in [0.15, 0.2) is 19.0 Å². The van der Waals surface area contributed by atoms with Crippen LogP contribution < -0.4 is 15.0 Å². The summed E-state index contributed by atoms with van der Waals surface area (Å²) in [4.78, 5) is 54.4. The summed E-state index contributed by atoms with van der Waals surface area (Å²) in [5.74, 6) is -1.20. The molecule has 2 unspecified atom stereocenters. The molecule has 1 aromatic carbocycles. The van der Waals surface area contributed by atoms with E-state index in [0.29, 0.717) is 44.3 Å². The van der Waals surface area contributed by atoms with Crippen LogP contribution in [0.3, 0.4) is 0 Å². The molecule has 4 rings (SSSR count). The number of amidine groups is 1. The fourth-order valence-corrected chi connectivity index (χ4v) is 5.47. The maximum absolute atomic E-state index is 13.1. The summed E-state index contributed by atoms with van der Waals surface area (Å²) >= 11 is -1.94. The number of likely N-dealkylation sites (tertiary alicyclic amines) is 2. The molecular formula is C29H40N4O10S. The minimum Gasteiger partial charge on any atom is -0.484 e. The molecule has 2 saturated heterocycles. The monoisotopic (exact) mass is 636 g/mol. The van der Waals surface area contributed by atoms with Crippen LogP contribution in [-0.2, 0) is 44.2 Å². The molecule has 0 aliphatic carbocycles. The number of hydrogen-bond acceptors (Lipinski definition) is 11. The van der Waals surface area contributed by atoms with Gasteiger partial charge in [0.1, 0.15) is 34.8 Å². The summed E-state index contributed by atoms with van der Waals surface area (Å²) in [7, 11) is 0. The van der Waals surface area contributed by atoms with Crippen molar-refractivity contribution in [2.45, 2.75) is 90.5 Å². The van der Waals surface area contributed by atoms with E-state index < -0.39 is 58.3 Å². The van der Waals surface area contributed by atoms with Gasteiger partial charge in [-0.05, 0) is 79.4 Å². The number of carbonyl (C=O) groups is 4. The summed E-state index contributed by atoms with van der Waals surface area (Å²) in [5, 5.41) is 0. The molecular weight excluding hydrogens is 596 g/mol. The third-order valence-electron chi connectivity index (χ3n) is 6.76. The Morgan fingerprint density at radius 1 is 0.841 bits per heavy atom. The Morgan fingerprint density at radius 3 is 1.68 bits per heavy atom. The summed E-state index contributed by atoms with van der Waals surface area (Å²) in [6, 6.07) is 3.17. The fourth-order valence-electron chi connectivity index (χ4n) is 4.99. The fraction of sp³-hybridized carbons (Fsp3) is 0.621. The van der Waals surface area contributed by atoms with E-state index in [9.17, 15) is 23.4 Å². The van der Waals surface area contributed by atoms with Crippen molar-refractivity contribution in [2.75, 3.05) is 26.3 Å². The van der Waals surface area contributed by atoms with Crippen molar-refractivity contribution in [1.82, 2.24) is 15.3 Å². The van der Waals surface area contributed by atoms with Crippen molar-refractivity contribution in [1.29, 1.82) is 0 Å². The van der Waals surface area contributed by atoms with Crippen LogP contribution in [0.5, 0.6) is 11.5 Å². The number of hydroxylamine groups is 1. The van der Waals surface area contributed by atoms with Gasteiger partial charge >= 0.3 is 23.2 Å². The topological polar surface area (TPSA) is 162 Å². The van der Waals surface area contributed by atoms with Crippen LogP contribution in [-0.4, -0.2) is 93.2 Å². The number of nitrogens with zero attached hydrogens (tertiary/aromatic N) is 3. The highest BCUT2D eigenvalue weighted by Gasteiger charge is 2.38. The van der Waals surface area contributed by atoms with Gasteiger partial charge in [-0.2, -0.15) is 4.28 Å². The smallest absolute Gasteiger partial charge is 0.329 e. The third kappa shape index (κ3) is 8.91. The normalized spacial score (nSPS) is 21.9. The summed E-state index contributed by atoms with van der Waals surface area (Å²) in [6.07, 6.45) is 2.31. The number of ether oxygens (including phenoxy) is 4. The Balaban J connectivity index is 1.44. The van der Waals surface area contributed by atoms with Crippen molar-refractivity contribution in [3.8, 4) is 11.5 Å². The first-order chi connectivity index (χ1) is 20.6.